The molecular weight excluding hydrogens is 394 g/mol. The Kier molecular flexibility index (Phi) is 5.13. The van der Waals surface area contributed by atoms with Gasteiger partial charge in [0.1, 0.15) is 11.6 Å². The predicted molar refractivity (Wildman–Crippen MR) is 116 cm³/mol. The zero-order valence-electron chi connectivity index (χ0n) is 18.1. The number of amides is 1. The minimum absolute atomic E-state index is 0.0803. The van der Waals surface area contributed by atoms with Gasteiger partial charge in [0.25, 0.3) is 5.91 Å². The van der Waals surface area contributed by atoms with Gasteiger partial charge in [-0.05, 0) is 32.6 Å². The fraction of sp³-hybridized carbons (Fsp3) is 0.545. The highest BCUT2D eigenvalue weighted by Gasteiger charge is 2.33. The second-order valence-corrected chi connectivity index (χ2v) is 8.60. The highest BCUT2D eigenvalue weighted by Crippen LogP contribution is 2.33. The third-order valence-corrected chi connectivity index (χ3v) is 6.42. The number of fused-ring (bicyclic) bond motifs is 1. The van der Waals surface area contributed by atoms with Crippen LogP contribution in [0.25, 0.3) is 5.65 Å². The lowest BCUT2D eigenvalue weighted by Crippen LogP contribution is -2.39. The van der Waals surface area contributed by atoms with Gasteiger partial charge in [0, 0.05) is 49.9 Å². The van der Waals surface area contributed by atoms with Crippen molar-refractivity contribution in [3.63, 3.8) is 0 Å². The van der Waals surface area contributed by atoms with Crippen LogP contribution >= 0.6 is 0 Å². The molecule has 0 spiro atoms. The summed E-state index contributed by atoms with van der Waals surface area (Å²) in [6.07, 6.45) is 7.91. The Morgan fingerprint density at radius 2 is 2.16 bits per heavy atom. The van der Waals surface area contributed by atoms with Crippen molar-refractivity contribution in [1.82, 2.24) is 24.5 Å². The number of likely N-dealkylation sites (tertiary alicyclic amines) is 1. The van der Waals surface area contributed by atoms with E-state index in [4.69, 9.17) is 20.2 Å². The average Bonchev–Trinajstić information content (AvgIpc) is 3.51. The van der Waals surface area contributed by atoms with Gasteiger partial charge in [-0.25, -0.2) is 14.5 Å². The molecule has 5 rings (SSSR count). The first kappa shape index (κ1) is 20.0. The molecule has 2 fully saturated rings. The van der Waals surface area contributed by atoms with Gasteiger partial charge < -0.3 is 20.0 Å². The van der Waals surface area contributed by atoms with E-state index in [9.17, 15) is 4.79 Å². The van der Waals surface area contributed by atoms with Crippen molar-refractivity contribution in [2.24, 2.45) is 5.73 Å². The monoisotopic (exact) mass is 423 g/mol. The number of nitrogens with zero attached hydrogens (tertiary/aromatic N) is 6. The van der Waals surface area contributed by atoms with Crippen molar-refractivity contribution < 1.29 is 9.21 Å². The van der Waals surface area contributed by atoms with Crippen LogP contribution in [0.4, 0.5) is 5.82 Å². The number of rotatable bonds is 4. The number of nitrogens with two attached hydrogens (primary N) is 1. The molecule has 0 bridgehead atoms. The normalized spacial score (nSPS) is 21.9. The summed E-state index contributed by atoms with van der Waals surface area (Å²) < 4.78 is 7.22. The lowest BCUT2D eigenvalue weighted by molar-refractivity contribution is 0.0598. The van der Waals surface area contributed by atoms with Crippen LogP contribution in [-0.4, -0.2) is 56.1 Å². The molecule has 9 heteroatoms. The largest absolute Gasteiger partial charge is 0.448 e. The third kappa shape index (κ3) is 3.56. The van der Waals surface area contributed by atoms with E-state index in [-0.39, 0.29) is 18.0 Å². The summed E-state index contributed by atoms with van der Waals surface area (Å²) in [7, 11) is 0. The Bertz CT molecular complexity index is 1100. The smallest absolute Gasteiger partial charge is 0.276 e. The van der Waals surface area contributed by atoms with E-state index in [1.54, 1.807) is 0 Å². The molecular formula is C22H29N7O2. The summed E-state index contributed by atoms with van der Waals surface area (Å²) in [6, 6.07) is 2.12. The Morgan fingerprint density at radius 3 is 2.94 bits per heavy atom. The van der Waals surface area contributed by atoms with Gasteiger partial charge in [-0.15, -0.1) is 0 Å². The van der Waals surface area contributed by atoms with Crippen LogP contribution in [0.15, 0.2) is 23.1 Å². The number of hydrogen-bond acceptors (Lipinski definition) is 7. The molecule has 3 aromatic rings. The van der Waals surface area contributed by atoms with Crippen LogP contribution in [0.1, 0.15) is 66.2 Å². The Labute approximate surface area is 181 Å². The number of anilines is 1. The van der Waals surface area contributed by atoms with Crippen LogP contribution in [-0.2, 0) is 6.42 Å². The van der Waals surface area contributed by atoms with Gasteiger partial charge in [-0.2, -0.15) is 5.10 Å². The molecule has 3 aromatic heterocycles. The lowest BCUT2D eigenvalue weighted by atomic mass is 9.98. The molecule has 2 aliphatic rings. The molecule has 2 aliphatic heterocycles. The summed E-state index contributed by atoms with van der Waals surface area (Å²) in [4.78, 5) is 26.5. The Hall–Kier alpha value is -2.94. The number of oxazole rings is 1. The fourth-order valence-electron chi connectivity index (χ4n) is 4.80. The molecule has 0 aromatic carbocycles. The molecule has 1 amide bonds. The zero-order valence-corrected chi connectivity index (χ0v) is 18.1. The van der Waals surface area contributed by atoms with E-state index in [1.807, 2.05) is 28.6 Å². The molecule has 0 aliphatic carbocycles. The minimum atomic E-state index is -0.0895. The van der Waals surface area contributed by atoms with Crippen LogP contribution in [0.2, 0.25) is 0 Å². The fourth-order valence-corrected chi connectivity index (χ4v) is 4.80. The van der Waals surface area contributed by atoms with E-state index in [1.165, 1.54) is 6.39 Å². The zero-order chi connectivity index (χ0) is 21.5. The van der Waals surface area contributed by atoms with Crippen LogP contribution in [0, 0.1) is 6.92 Å². The molecule has 0 radical (unpaired) electrons. The quantitative estimate of drug-likeness (QED) is 0.687. The van der Waals surface area contributed by atoms with Gasteiger partial charge in [-0.1, -0.05) is 6.92 Å². The first-order valence-corrected chi connectivity index (χ1v) is 11.2. The first-order chi connectivity index (χ1) is 15.0. The first-order valence-electron chi connectivity index (χ1n) is 11.2. The number of aromatic nitrogens is 4. The number of piperidine rings is 1. The molecule has 5 heterocycles. The van der Waals surface area contributed by atoms with Crippen LogP contribution in [0.5, 0.6) is 0 Å². The SMILES string of the molecule is CCc1ocnc1C(=O)N1CCCCC1c1cc2nc(N3CCC(N)C3)c(C)cn2n1. The lowest BCUT2D eigenvalue weighted by Gasteiger charge is -2.34. The molecule has 0 saturated carbocycles. The molecule has 2 N–H and O–H groups in total. The minimum Gasteiger partial charge on any atom is -0.448 e. The second-order valence-electron chi connectivity index (χ2n) is 8.60. The van der Waals surface area contributed by atoms with Gasteiger partial charge in [-0.3, -0.25) is 4.79 Å². The summed E-state index contributed by atoms with van der Waals surface area (Å²) in [5, 5.41) is 4.81. The second kappa shape index (κ2) is 7.96. The van der Waals surface area contributed by atoms with Crippen LogP contribution < -0.4 is 10.6 Å². The van der Waals surface area contributed by atoms with Crippen molar-refractivity contribution in [3.8, 4) is 0 Å². The number of carbonyl (C=O) groups is 1. The standard InChI is InChI=1S/C22H29N7O2/c1-3-18-20(24-13-31-18)22(30)28-8-5-4-6-17(28)16-10-19-25-21(14(2)11-29(19)26-16)27-9-7-15(23)12-27/h10-11,13,15,17H,3-9,12,23H2,1-2H3. The van der Waals surface area contributed by atoms with E-state index < -0.39 is 0 Å². The van der Waals surface area contributed by atoms with Gasteiger partial charge in [0.05, 0.1) is 11.7 Å². The number of aryl methyl sites for hydroxylation is 2. The Morgan fingerprint density at radius 1 is 1.29 bits per heavy atom. The molecule has 2 saturated heterocycles. The van der Waals surface area contributed by atoms with E-state index in [2.05, 4.69) is 16.8 Å². The average molecular weight is 424 g/mol. The van der Waals surface area contributed by atoms with E-state index in [0.717, 1.165) is 61.5 Å². The molecule has 2 unspecified atom stereocenters. The summed E-state index contributed by atoms with van der Waals surface area (Å²) >= 11 is 0. The maximum absolute atomic E-state index is 13.3. The topological polar surface area (TPSA) is 106 Å². The third-order valence-electron chi connectivity index (χ3n) is 6.42. The van der Waals surface area contributed by atoms with Crippen molar-refractivity contribution in [2.45, 2.75) is 58.0 Å². The highest BCUT2D eigenvalue weighted by molar-refractivity contribution is 5.93. The molecule has 9 nitrogen and oxygen atoms in total. The van der Waals surface area contributed by atoms with Crippen molar-refractivity contribution >= 4 is 17.4 Å². The van der Waals surface area contributed by atoms with Crippen LogP contribution in [0.3, 0.4) is 0 Å². The van der Waals surface area contributed by atoms with Gasteiger partial charge >= 0.3 is 0 Å². The predicted octanol–water partition coefficient (Wildman–Crippen LogP) is 2.49. The molecule has 2 atom stereocenters. The highest BCUT2D eigenvalue weighted by atomic mass is 16.3. The van der Waals surface area contributed by atoms with Crippen molar-refractivity contribution in [3.05, 3.63) is 41.4 Å². The van der Waals surface area contributed by atoms with Crippen molar-refractivity contribution in [2.75, 3.05) is 24.5 Å². The maximum Gasteiger partial charge on any atom is 0.276 e. The van der Waals surface area contributed by atoms with Gasteiger partial charge in [0.15, 0.2) is 17.7 Å². The summed E-state index contributed by atoms with van der Waals surface area (Å²) in [5.74, 6) is 1.52. The molecule has 164 valence electrons. The van der Waals surface area contributed by atoms with E-state index in [0.29, 0.717) is 24.4 Å². The number of carbonyl (C=O) groups excluding carboxylic acids is 1. The van der Waals surface area contributed by atoms with E-state index >= 15 is 0 Å². The number of hydrogen-bond donors (Lipinski definition) is 1. The van der Waals surface area contributed by atoms with Gasteiger partial charge in [0.2, 0.25) is 0 Å². The maximum atomic E-state index is 13.3. The summed E-state index contributed by atoms with van der Waals surface area (Å²) in [6.45, 7) is 6.46. The Balaban J connectivity index is 1.47. The van der Waals surface area contributed by atoms with Crippen molar-refractivity contribution in [1.29, 1.82) is 0 Å². The summed E-state index contributed by atoms with van der Waals surface area (Å²) in [5.41, 5.74) is 9.25. The molecule has 31 heavy (non-hydrogen) atoms.